The van der Waals surface area contributed by atoms with Gasteiger partial charge in [-0.15, -0.1) is 24.0 Å². The maximum Gasteiger partial charge on any atom is 0.243 e. The molecule has 2 atom stereocenters. The number of aliphatic imine (C=N–C) groups is 1. The first-order valence-corrected chi connectivity index (χ1v) is 12.9. The van der Waals surface area contributed by atoms with Crippen molar-refractivity contribution in [3.05, 3.63) is 29.8 Å². The Morgan fingerprint density at radius 3 is 2.48 bits per heavy atom. The van der Waals surface area contributed by atoms with E-state index in [0.717, 1.165) is 36.2 Å². The number of nitrogens with zero attached hydrogens (tertiary/aromatic N) is 2. The van der Waals surface area contributed by atoms with E-state index in [-0.39, 0.29) is 24.0 Å². The van der Waals surface area contributed by atoms with Crippen molar-refractivity contribution < 1.29 is 8.42 Å². The van der Waals surface area contributed by atoms with Gasteiger partial charge < -0.3 is 10.6 Å². The second-order valence-corrected chi connectivity index (χ2v) is 10.5. The average Bonchev–Trinajstić information content (AvgIpc) is 3.39. The Morgan fingerprint density at radius 2 is 1.90 bits per heavy atom. The molecule has 0 aromatic heterocycles. The Morgan fingerprint density at radius 1 is 1.21 bits per heavy atom. The second-order valence-electron chi connectivity index (χ2n) is 7.46. The van der Waals surface area contributed by atoms with E-state index in [9.17, 15) is 8.42 Å². The number of sulfonamides is 1. The summed E-state index contributed by atoms with van der Waals surface area (Å²) in [5, 5.41) is 7.60. The molecule has 1 saturated carbocycles. The van der Waals surface area contributed by atoms with E-state index in [0.29, 0.717) is 30.6 Å². The summed E-state index contributed by atoms with van der Waals surface area (Å²) in [7, 11) is -3.35. The van der Waals surface area contributed by atoms with Crippen molar-refractivity contribution in [1.29, 1.82) is 0 Å². The number of halogens is 1. The largest absolute Gasteiger partial charge is 0.357 e. The quantitative estimate of drug-likeness (QED) is 0.308. The molecule has 6 nitrogen and oxygen atoms in total. The van der Waals surface area contributed by atoms with Gasteiger partial charge >= 0.3 is 0 Å². The predicted molar refractivity (Wildman–Crippen MR) is 133 cm³/mol. The van der Waals surface area contributed by atoms with Crippen molar-refractivity contribution in [2.75, 3.05) is 25.9 Å². The van der Waals surface area contributed by atoms with E-state index in [2.05, 4.69) is 23.8 Å². The van der Waals surface area contributed by atoms with Crippen molar-refractivity contribution in [2.45, 2.75) is 61.8 Å². The van der Waals surface area contributed by atoms with Crippen LogP contribution in [0.2, 0.25) is 0 Å². The van der Waals surface area contributed by atoms with Crippen molar-refractivity contribution in [1.82, 2.24) is 14.9 Å². The molecule has 0 bridgehead atoms. The van der Waals surface area contributed by atoms with Crippen molar-refractivity contribution in [2.24, 2.45) is 4.99 Å². The Kier molecular flexibility index (Phi) is 10.0. The highest BCUT2D eigenvalue weighted by Crippen LogP contribution is 2.28. The number of thioether (sulfide) groups is 1. The molecule has 3 rings (SSSR count). The van der Waals surface area contributed by atoms with E-state index in [1.807, 2.05) is 23.9 Å². The fourth-order valence-corrected chi connectivity index (χ4v) is 6.13. The highest BCUT2D eigenvalue weighted by molar-refractivity contribution is 14.0. The highest BCUT2D eigenvalue weighted by atomic mass is 127. The van der Waals surface area contributed by atoms with Gasteiger partial charge in [0.25, 0.3) is 0 Å². The Labute approximate surface area is 196 Å². The van der Waals surface area contributed by atoms with Gasteiger partial charge in [0.05, 0.1) is 11.4 Å². The third-order valence-electron chi connectivity index (χ3n) is 5.45. The molecular weight excluding hydrogens is 519 g/mol. The zero-order chi connectivity index (χ0) is 20.0. The lowest BCUT2D eigenvalue weighted by molar-refractivity contribution is 0.477. The number of nitrogens with one attached hydrogen (secondary N) is 2. The standard InChI is InChI=1S/C20H32N4O2S2.HI/c1-3-21-20(23-17-8-9-18(14-17)27-2)22-15-16-6-10-19(11-7-16)28(25,26)24-12-4-5-13-24;/h6-7,10-11,17-18H,3-5,8-9,12-15H2,1-2H3,(H2,21,22,23);1H. The molecule has 0 spiro atoms. The smallest absolute Gasteiger partial charge is 0.243 e. The Bertz CT molecular complexity index is 765. The minimum atomic E-state index is -3.35. The molecule has 9 heteroatoms. The minimum Gasteiger partial charge on any atom is -0.357 e. The number of hydrogen-bond acceptors (Lipinski definition) is 4. The highest BCUT2D eigenvalue weighted by Gasteiger charge is 2.27. The Hall–Kier alpha value is -0.520. The summed E-state index contributed by atoms with van der Waals surface area (Å²) in [6, 6.07) is 7.63. The molecule has 1 aliphatic heterocycles. The molecule has 164 valence electrons. The molecule has 2 unspecified atom stereocenters. The van der Waals surface area contributed by atoms with Crippen molar-refractivity contribution in [3.63, 3.8) is 0 Å². The molecule has 1 aromatic carbocycles. The first-order valence-electron chi connectivity index (χ1n) is 10.2. The maximum atomic E-state index is 12.6. The zero-order valence-corrected chi connectivity index (χ0v) is 21.2. The first kappa shape index (κ1) is 24.7. The van der Waals surface area contributed by atoms with Crippen LogP contribution < -0.4 is 10.6 Å². The number of hydrogen-bond donors (Lipinski definition) is 2. The van der Waals surface area contributed by atoms with Gasteiger partial charge in [-0.3, -0.25) is 0 Å². The molecule has 2 fully saturated rings. The summed E-state index contributed by atoms with van der Waals surface area (Å²) in [5.74, 6) is 0.836. The summed E-state index contributed by atoms with van der Waals surface area (Å²) in [5.41, 5.74) is 1.01. The maximum absolute atomic E-state index is 12.6. The van der Waals surface area contributed by atoms with Crippen molar-refractivity contribution >= 4 is 51.7 Å². The van der Waals surface area contributed by atoms with Crippen LogP contribution in [0.15, 0.2) is 34.2 Å². The lowest BCUT2D eigenvalue weighted by atomic mass is 10.2. The van der Waals surface area contributed by atoms with E-state index in [1.54, 1.807) is 16.4 Å². The van der Waals surface area contributed by atoms with Gasteiger partial charge in [-0.05, 0) is 63.0 Å². The Balaban J connectivity index is 0.00000300. The van der Waals surface area contributed by atoms with E-state index >= 15 is 0 Å². The molecule has 0 amide bonds. The number of guanidine groups is 1. The molecule has 2 aliphatic rings. The monoisotopic (exact) mass is 552 g/mol. The van der Waals surface area contributed by atoms with Crippen LogP contribution in [0.25, 0.3) is 0 Å². The van der Waals surface area contributed by atoms with Gasteiger partial charge in [-0.1, -0.05) is 12.1 Å². The van der Waals surface area contributed by atoms with Crippen LogP contribution >= 0.6 is 35.7 Å². The van der Waals surface area contributed by atoms with Crippen LogP contribution in [-0.4, -0.2) is 55.9 Å². The number of benzene rings is 1. The van der Waals surface area contributed by atoms with E-state index < -0.39 is 10.0 Å². The van der Waals surface area contributed by atoms with Gasteiger partial charge in [-0.2, -0.15) is 16.1 Å². The van der Waals surface area contributed by atoms with Gasteiger partial charge in [0.15, 0.2) is 5.96 Å². The average molecular weight is 553 g/mol. The summed E-state index contributed by atoms with van der Waals surface area (Å²) in [4.78, 5) is 5.07. The molecule has 0 radical (unpaired) electrons. The van der Waals surface area contributed by atoms with Crippen LogP contribution in [0, 0.1) is 0 Å². The molecule has 1 saturated heterocycles. The lowest BCUT2D eigenvalue weighted by Gasteiger charge is -2.17. The van der Waals surface area contributed by atoms with E-state index in [4.69, 9.17) is 4.99 Å². The summed E-state index contributed by atoms with van der Waals surface area (Å²) in [6.07, 6.45) is 7.69. The lowest BCUT2D eigenvalue weighted by Crippen LogP contribution is -2.42. The third-order valence-corrected chi connectivity index (χ3v) is 8.46. The van der Waals surface area contributed by atoms with Gasteiger partial charge in [-0.25, -0.2) is 13.4 Å². The van der Waals surface area contributed by atoms with Crippen LogP contribution in [0.5, 0.6) is 0 Å². The fraction of sp³-hybridized carbons (Fsp3) is 0.650. The molecule has 1 aliphatic carbocycles. The summed E-state index contributed by atoms with van der Waals surface area (Å²) < 4.78 is 26.8. The summed E-state index contributed by atoms with van der Waals surface area (Å²) >= 11 is 1.95. The second kappa shape index (κ2) is 11.8. The van der Waals surface area contributed by atoms with Gasteiger partial charge in [0.2, 0.25) is 10.0 Å². The minimum absolute atomic E-state index is 0. The number of rotatable bonds is 7. The van der Waals surface area contributed by atoms with E-state index in [1.165, 1.54) is 19.3 Å². The predicted octanol–water partition coefficient (Wildman–Crippen LogP) is 3.43. The third kappa shape index (κ3) is 6.73. The van der Waals surface area contributed by atoms with Crippen molar-refractivity contribution in [3.8, 4) is 0 Å². The SMILES string of the molecule is CCNC(=NCc1ccc(S(=O)(=O)N2CCCC2)cc1)NC1CCC(SC)C1.I. The van der Waals surface area contributed by atoms with Gasteiger partial charge in [0.1, 0.15) is 0 Å². The van der Waals surface area contributed by atoms with Crippen LogP contribution in [0.3, 0.4) is 0 Å². The van der Waals surface area contributed by atoms with Gasteiger partial charge in [0, 0.05) is 30.9 Å². The molecular formula is C20H33IN4O2S2. The topological polar surface area (TPSA) is 73.8 Å². The zero-order valence-electron chi connectivity index (χ0n) is 17.3. The first-order chi connectivity index (χ1) is 13.5. The van der Waals surface area contributed by atoms with Crippen LogP contribution in [0.4, 0.5) is 0 Å². The molecule has 1 heterocycles. The molecule has 2 N–H and O–H groups in total. The fourth-order valence-electron chi connectivity index (χ4n) is 3.81. The molecule has 1 aromatic rings. The normalized spacial score (nSPS) is 23.0. The van der Waals surface area contributed by atoms with Crippen LogP contribution in [-0.2, 0) is 16.6 Å². The van der Waals surface area contributed by atoms with Crippen LogP contribution in [0.1, 0.15) is 44.6 Å². The summed E-state index contributed by atoms with van der Waals surface area (Å²) in [6.45, 7) is 4.67. The molecule has 29 heavy (non-hydrogen) atoms.